The Labute approximate surface area is 94.7 Å². The van der Waals surface area contributed by atoms with E-state index >= 15 is 0 Å². The summed E-state index contributed by atoms with van der Waals surface area (Å²) in [6.45, 7) is 1.04. The largest absolute Gasteiger partial charge is 0.392 e. The van der Waals surface area contributed by atoms with Gasteiger partial charge in [-0.05, 0) is 12.0 Å². The summed E-state index contributed by atoms with van der Waals surface area (Å²) < 4.78 is 0. The van der Waals surface area contributed by atoms with E-state index < -0.39 is 6.10 Å². The Morgan fingerprint density at radius 3 is 2.81 bits per heavy atom. The number of hydrogen-bond donors (Lipinski definition) is 3. The topological polar surface area (TPSA) is 61.4 Å². The van der Waals surface area contributed by atoms with Gasteiger partial charge in [0.15, 0.2) is 0 Å². The van der Waals surface area contributed by atoms with Crippen molar-refractivity contribution in [2.45, 2.75) is 25.1 Å². The van der Waals surface area contributed by atoms with Gasteiger partial charge >= 0.3 is 0 Å². The van der Waals surface area contributed by atoms with Crippen LogP contribution >= 0.6 is 0 Å². The minimum absolute atomic E-state index is 0.0413. The molecule has 2 atom stereocenters. The van der Waals surface area contributed by atoms with Gasteiger partial charge in [0.05, 0.1) is 12.1 Å². The Morgan fingerprint density at radius 2 is 2.19 bits per heavy atom. The second kappa shape index (κ2) is 5.09. The highest BCUT2D eigenvalue weighted by Crippen LogP contribution is 2.06. The summed E-state index contributed by atoms with van der Waals surface area (Å²) in [6, 6.07) is 9.52. The molecule has 1 heterocycles. The predicted molar refractivity (Wildman–Crippen MR) is 60.7 cm³/mol. The molecule has 1 saturated heterocycles. The first-order chi connectivity index (χ1) is 7.75. The summed E-state index contributed by atoms with van der Waals surface area (Å²) in [6.07, 6.45) is 0.105. The molecule has 1 amide bonds. The molecule has 1 fully saturated rings. The molecule has 0 aromatic heterocycles. The van der Waals surface area contributed by atoms with Crippen LogP contribution < -0.4 is 10.6 Å². The molecule has 1 aromatic rings. The summed E-state index contributed by atoms with van der Waals surface area (Å²) in [4.78, 5) is 11.7. The van der Waals surface area contributed by atoms with E-state index in [1.165, 1.54) is 0 Å². The Bertz CT molecular complexity index is 353. The van der Waals surface area contributed by atoms with Gasteiger partial charge in [0.2, 0.25) is 5.91 Å². The average molecular weight is 220 g/mol. The van der Waals surface area contributed by atoms with Crippen molar-refractivity contribution < 1.29 is 9.90 Å². The van der Waals surface area contributed by atoms with Crippen LogP contribution in [0.1, 0.15) is 12.0 Å². The monoisotopic (exact) mass is 220 g/mol. The number of carbonyl (C=O) groups is 1. The Hall–Kier alpha value is -1.39. The molecular formula is C12H16N2O2. The summed E-state index contributed by atoms with van der Waals surface area (Å²) >= 11 is 0. The van der Waals surface area contributed by atoms with Crippen molar-refractivity contribution in [1.82, 2.24) is 10.6 Å². The number of β-amino-alcohol motifs (C(OH)–C–C–N with tert-alkyl or cyclic N) is 1. The maximum Gasteiger partial charge on any atom is 0.237 e. The van der Waals surface area contributed by atoms with Crippen LogP contribution in [0.5, 0.6) is 0 Å². The van der Waals surface area contributed by atoms with Crippen LogP contribution in [0.25, 0.3) is 0 Å². The molecule has 1 aliphatic heterocycles. The number of aliphatic hydroxyl groups excluding tert-OH is 1. The maximum absolute atomic E-state index is 11.7. The molecule has 0 radical (unpaired) electrons. The molecule has 1 unspecified atom stereocenters. The van der Waals surface area contributed by atoms with Crippen molar-refractivity contribution >= 4 is 5.91 Å². The number of nitrogens with one attached hydrogen (secondary N) is 2. The third-order valence-electron chi connectivity index (χ3n) is 2.73. The smallest absolute Gasteiger partial charge is 0.237 e. The quantitative estimate of drug-likeness (QED) is 0.673. The van der Waals surface area contributed by atoms with Gasteiger partial charge in [-0.25, -0.2) is 0 Å². The minimum atomic E-state index is -0.396. The van der Waals surface area contributed by atoms with Gasteiger partial charge in [-0.1, -0.05) is 30.3 Å². The molecule has 0 aliphatic carbocycles. The van der Waals surface area contributed by atoms with E-state index in [4.69, 9.17) is 0 Å². The van der Waals surface area contributed by atoms with E-state index in [2.05, 4.69) is 10.6 Å². The molecule has 0 bridgehead atoms. The molecule has 1 aliphatic rings. The van der Waals surface area contributed by atoms with Gasteiger partial charge in [-0.2, -0.15) is 0 Å². The van der Waals surface area contributed by atoms with Crippen molar-refractivity contribution in [3.8, 4) is 0 Å². The third-order valence-corrected chi connectivity index (χ3v) is 2.73. The fraction of sp³-hybridized carbons (Fsp3) is 0.417. The van der Waals surface area contributed by atoms with Gasteiger partial charge in [0.1, 0.15) is 0 Å². The third kappa shape index (κ3) is 2.81. The van der Waals surface area contributed by atoms with Crippen LogP contribution in [0.15, 0.2) is 30.3 Å². The fourth-order valence-corrected chi connectivity index (χ4v) is 1.83. The van der Waals surface area contributed by atoms with Gasteiger partial charge in [0, 0.05) is 13.1 Å². The van der Waals surface area contributed by atoms with Gasteiger partial charge in [-0.15, -0.1) is 0 Å². The Morgan fingerprint density at radius 1 is 1.44 bits per heavy atom. The van der Waals surface area contributed by atoms with Crippen molar-refractivity contribution in [1.29, 1.82) is 0 Å². The zero-order valence-electron chi connectivity index (χ0n) is 9.02. The number of rotatable bonds is 3. The Balaban J connectivity index is 1.80. The number of benzene rings is 1. The molecule has 0 spiro atoms. The molecule has 4 nitrogen and oxygen atoms in total. The van der Waals surface area contributed by atoms with Crippen molar-refractivity contribution in [3.05, 3.63) is 35.9 Å². The second-order valence-corrected chi connectivity index (χ2v) is 4.05. The molecule has 3 N–H and O–H groups in total. The fourth-order valence-electron chi connectivity index (χ4n) is 1.83. The SMILES string of the molecule is O=C(NCc1ccccc1)[C@@H]1CC(O)CN1. The van der Waals surface area contributed by atoms with Crippen LogP contribution in [-0.2, 0) is 11.3 Å². The highest BCUT2D eigenvalue weighted by molar-refractivity contribution is 5.82. The lowest BCUT2D eigenvalue weighted by Crippen LogP contribution is -2.39. The molecule has 0 saturated carbocycles. The van der Waals surface area contributed by atoms with Crippen LogP contribution in [0.3, 0.4) is 0 Å². The molecular weight excluding hydrogens is 204 g/mol. The lowest BCUT2D eigenvalue weighted by molar-refractivity contribution is -0.123. The van der Waals surface area contributed by atoms with Crippen LogP contribution in [0.4, 0.5) is 0 Å². The van der Waals surface area contributed by atoms with E-state index in [1.807, 2.05) is 30.3 Å². The van der Waals surface area contributed by atoms with E-state index in [1.54, 1.807) is 0 Å². The highest BCUT2D eigenvalue weighted by Gasteiger charge is 2.27. The normalized spacial score (nSPS) is 24.3. The zero-order chi connectivity index (χ0) is 11.4. The lowest BCUT2D eigenvalue weighted by atomic mass is 10.2. The van der Waals surface area contributed by atoms with Crippen LogP contribution in [-0.4, -0.2) is 29.7 Å². The van der Waals surface area contributed by atoms with E-state index in [-0.39, 0.29) is 11.9 Å². The summed E-state index contributed by atoms with van der Waals surface area (Å²) in [7, 11) is 0. The van der Waals surface area contributed by atoms with E-state index in [9.17, 15) is 9.90 Å². The standard InChI is InChI=1S/C12H16N2O2/c15-10-6-11(13-8-10)12(16)14-7-9-4-2-1-3-5-9/h1-5,10-11,13,15H,6-8H2,(H,14,16)/t10?,11-/m0/s1. The number of amides is 1. The van der Waals surface area contributed by atoms with Crippen LogP contribution in [0, 0.1) is 0 Å². The zero-order valence-corrected chi connectivity index (χ0v) is 9.02. The first kappa shape index (κ1) is 11.1. The minimum Gasteiger partial charge on any atom is -0.392 e. The van der Waals surface area contributed by atoms with Crippen molar-refractivity contribution in [3.63, 3.8) is 0 Å². The van der Waals surface area contributed by atoms with Crippen molar-refractivity contribution in [2.75, 3.05) is 6.54 Å². The summed E-state index contributed by atoms with van der Waals surface area (Å²) in [5, 5.41) is 15.1. The lowest BCUT2D eigenvalue weighted by Gasteiger charge is -2.10. The first-order valence-electron chi connectivity index (χ1n) is 5.49. The second-order valence-electron chi connectivity index (χ2n) is 4.05. The predicted octanol–water partition coefficient (Wildman–Crippen LogP) is 0.0256. The molecule has 86 valence electrons. The Kier molecular flexibility index (Phi) is 3.54. The number of hydrogen-bond acceptors (Lipinski definition) is 3. The molecule has 4 heteroatoms. The van der Waals surface area contributed by atoms with Gasteiger partial charge in [-0.3, -0.25) is 4.79 Å². The number of carbonyl (C=O) groups excluding carboxylic acids is 1. The summed E-state index contributed by atoms with van der Waals surface area (Å²) in [5.74, 6) is -0.0413. The highest BCUT2D eigenvalue weighted by atomic mass is 16.3. The van der Waals surface area contributed by atoms with Gasteiger partial charge in [0.25, 0.3) is 0 Å². The van der Waals surface area contributed by atoms with E-state index in [0.717, 1.165) is 5.56 Å². The van der Waals surface area contributed by atoms with Gasteiger partial charge < -0.3 is 15.7 Å². The molecule has 1 aromatic carbocycles. The molecule has 16 heavy (non-hydrogen) atoms. The maximum atomic E-state index is 11.7. The van der Waals surface area contributed by atoms with Crippen molar-refractivity contribution in [2.24, 2.45) is 0 Å². The number of aliphatic hydroxyl groups is 1. The van der Waals surface area contributed by atoms with E-state index in [0.29, 0.717) is 19.5 Å². The average Bonchev–Trinajstić information content (AvgIpc) is 2.74. The summed E-state index contributed by atoms with van der Waals surface area (Å²) in [5.41, 5.74) is 1.08. The van der Waals surface area contributed by atoms with Crippen LogP contribution in [0.2, 0.25) is 0 Å². The molecule has 2 rings (SSSR count). The first-order valence-corrected chi connectivity index (χ1v) is 5.49.